The highest BCUT2D eigenvalue weighted by atomic mass is 16.5. The van der Waals surface area contributed by atoms with Crippen LogP contribution in [0.2, 0.25) is 0 Å². The Kier molecular flexibility index (Phi) is 1.55. The van der Waals surface area contributed by atoms with E-state index in [1.807, 2.05) is 13.0 Å². The van der Waals surface area contributed by atoms with E-state index in [-0.39, 0.29) is 0 Å². The molecule has 60 valence electrons. The summed E-state index contributed by atoms with van der Waals surface area (Å²) in [6.45, 7) is 1.87. The number of aromatic nitrogens is 4. The van der Waals surface area contributed by atoms with Gasteiger partial charge < -0.3 is 4.52 Å². The minimum Gasteiger partial charge on any atom is -0.342 e. The quantitative estimate of drug-likeness (QED) is 0.621. The summed E-state index contributed by atoms with van der Waals surface area (Å²) in [7, 11) is 0. The molecular formula is C7H6N4O. The van der Waals surface area contributed by atoms with Crippen molar-refractivity contribution >= 4 is 0 Å². The Labute approximate surface area is 68.4 Å². The summed E-state index contributed by atoms with van der Waals surface area (Å²) in [6.07, 6.45) is 1.26. The largest absolute Gasteiger partial charge is 0.342 e. The molecule has 0 aromatic carbocycles. The Bertz CT molecular complexity index is 353. The number of aryl methyl sites for hydroxylation is 1. The van der Waals surface area contributed by atoms with Gasteiger partial charge in [0.15, 0.2) is 0 Å². The van der Waals surface area contributed by atoms with Gasteiger partial charge in [0, 0.05) is 0 Å². The van der Waals surface area contributed by atoms with Gasteiger partial charge in [-0.05, 0) is 19.1 Å². The molecule has 2 aromatic heterocycles. The zero-order valence-corrected chi connectivity index (χ0v) is 6.43. The summed E-state index contributed by atoms with van der Waals surface area (Å²) >= 11 is 0. The van der Waals surface area contributed by atoms with Crippen LogP contribution in [-0.2, 0) is 0 Å². The van der Waals surface area contributed by atoms with Crippen molar-refractivity contribution in [3.05, 3.63) is 24.2 Å². The molecule has 0 bridgehead atoms. The molecule has 0 unspecified atom stereocenters. The molecule has 0 radical (unpaired) electrons. The molecule has 0 saturated carbocycles. The van der Waals surface area contributed by atoms with Crippen LogP contribution in [0.1, 0.15) is 5.69 Å². The Morgan fingerprint density at radius 3 is 2.75 bits per heavy atom. The summed E-state index contributed by atoms with van der Waals surface area (Å²) in [5.41, 5.74) is 1.48. The molecule has 0 atom stereocenters. The molecule has 2 aromatic rings. The zero-order chi connectivity index (χ0) is 8.39. The summed E-state index contributed by atoms with van der Waals surface area (Å²) in [5, 5.41) is 11.4. The van der Waals surface area contributed by atoms with Gasteiger partial charge in [0.25, 0.3) is 0 Å². The molecule has 0 N–H and O–H groups in total. The highest BCUT2D eigenvalue weighted by Crippen LogP contribution is 2.08. The molecule has 2 heterocycles. The number of rotatable bonds is 1. The Balaban J connectivity index is 2.43. The highest BCUT2D eigenvalue weighted by molar-refractivity contribution is 5.46. The minimum atomic E-state index is 0.461. The third-order valence-electron chi connectivity index (χ3n) is 1.39. The predicted molar refractivity (Wildman–Crippen MR) is 40.1 cm³/mol. The molecule has 0 spiro atoms. The van der Waals surface area contributed by atoms with E-state index in [1.54, 1.807) is 6.07 Å². The number of hydrogen-bond donors (Lipinski definition) is 0. The van der Waals surface area contributed by atoms with Gasteiger partial charge >= 0.3 is 0 Å². The minimum absolute atomic E-state index is 0.461. The standard InChI is InChI=1S/C7H6N4O/c1-5-2-3-6(10-9-5)7-8-4-12-11-7/h2-4H,1H3. The summed E-state index contributed by atoms with van der Waals surface area (Å²) in [5.74, 6) is 0.461. The van der Waals surface area contributed by atoms with Crippen LogP contribution in [0.25, 0.3) is 11.5 Å². The maximum atomic E-state index is 4.57. The van der Waals surface area contributed by atoms with E-state index in [2.05, 4.69) is 24.9 Å². The van der Waals surface area contributed by atoms with Crippen LogP contribution in [0, 0.1) is 6.92 Å². The van der Waals surface area contributed by atoms with Crippen LogP contribution in [0.3, 0.4) is 0 Å². The van der Waals surface area contributed by atoms with Crippen molar-refractivity contribution in [3.8, 4) is 11.5 Å². The van der Waals surface area contributed by atoms with Gasteiger partial charge in [-0.3, -0.25) is 0 Å². The normalized spacial score (nSPS) is 10.1. The maximum absolute atomic E-state index is 4.57. The fraction of sp³-hybridized carbons (Fsp3) is 0.143. The van der Waals surface area contributed by atoms with Crippen molar-refractivity contribution in [1.29, 1.82) is 0 Å². The van der Waals surface area contributed by atoms with Gasteiger partial charge in [-0.25, -0.2) is 0 Å². The summed E-state index contributed by atoms with van der Waals surface area (Å²) in [6, 6.07) is 3.64. The van der Waals surface area contributed by atoms with Gasteiger partial charge in [-0.15, -0.1) is 5.10 Å². The van der Waals surface area contributed by atoms with Crippen LogP contribution in [0.4, 0.5) is 0 Å². The third kappa shape index (κ3) is 1.16. The first-order valence-corrected chi connectivity index (χ1v) is 3.43. The van der Waals surface area contributed by atoms with Crippen LogP contribution >= 0.6 is 0 Å². The molecule has 0 saturated heterocycles. The molecule has 12 heavy (non-hydrogen) atoms. The van der Waals surface area contributed by atoms with Gasteiger partial charge in [-0.2, -0.15) is 10.1 Å². The third-order valence-corrected chi connectivity index (χ3v) is 1.39. The van der Waals surface area contributed by atoms with Crippen LogP contribution in [0.15, 0.2) is 23.0 Å². The Hall–Kier alpha value is -1.78. The molecule has 2 rings (SSSR count). The van der Waals surface area contributed by atoms with Crippen molar-refractivity contribution < 1.29 is 4.52 Å². The second-order valence-electron chi connectivity index (χ2n) is 2.31. The first-order valence-electron chi connectivity index (χ1n) is 3.43. The molecule has 0 amide bonds. The Morgan fingerprint density at radius 1 is 1.25 bits per heavy atom. The van der Waals surface area contributed by atoms with Crippen molar-refractivity contribution in [1.82, 2.24) is 20.3 Å². The van der Waals surface area contributed by atoms with Crippen molar-refractivity contribution in [2.24, 2.45) is 0 Å². The van der Waals surface area contributed by atoms with Crippen LogP contribution in [-0.4, -0.2) is 20.3 Å². The van der Waals surface area contributed by atoms with Crippen LogP contribution < -0.4 is 0 Å². The van der Waals surface area contributed by atoms with E-state index >= 15 is 0 Å². The highest BCUT2D eigenvalue weighted by Gasteiger charge is 2.03. The van der Waals surface area contributed by atoms with E-state index in [0.717, 1.165) is 5.69 Å². The Morgan fingerprint density at radius 2 is 2.17 bits per heavy atom. The molecule has 0 fully saturated rings. The molecule has 0 aliphatic rings. The lowest BCUT2D eigenvalue weighted by Crippen LogP contribution is -1.90. The van der Waals surface area contributed by atoms with E-state index in [9.17, 15) is 0 Å². The van der Waals surface area contributed by atoms with Crippen molar-refractivity contribution in [3.63, 3.8) is 0 Å². The molecule has 5 nitrogen and oxygen atoms in total. The van der Waals surface area contributed by atoms with E-state index < -0.39 is 0 Å². The zero-order valence-electron chi connectivity index (χ0n) is 6.43. The second kappa shape index (κ2) is 2.69. The van der Waals surface area contributed by atoms with E-state index in [4.69, 9.17) is 0 Å². The fourth-order valence-electron chi connectivity index (χ4n) is 0.802. The van der Waals surface area contributed by atoms with Crippen LogP contribution in [0.5, 0.6) is 0 Å². The van der Waals surface area contributed by atoms with E-state index in [0.29, 0.717) is 11.5 Å². The monoisotopic (exact) mass is 162 g/mol. The van der Waals surface area contributed by atoms with E-state index in [1.165, 1.54) is 6.39 Å². The average molecular weight is 162 g/mol. The SMILES string of the molecule is Cc1ccc(-c2ncon2)nn1. The summed E-state index contributed by atoms with van der Waals surface area (Å²) < 4.78 is 4.57. The first kappa shape index (κ1) is 6.90. The maximum Gasteiger partial charge on any atom is 0.222 e. The molecule has 0 aliphatic heterocycles. The van der Waals surface area contributed by atoms with Gasteiger partial charge in [0.05, 0.1) is 5.69 Å². The molecule has 0 aliphatic carbocycles. The fourth-order valence-corrected chi connectivity index (χ4v) is 0.802. The smallest absolute Gasteiger partial charge is 0.222 e. The number of nitrogens with zero attached hydrogens (tertiary/aromatic N) is 4. The average Bonchev–Trinajstić information content (AvgIpc) is 2.58. The number of hydrogen-bond acceptors (Lipinski definition) is 5. The van der Waals surface area contributed by atoms with Gasteiger partial charge in [-0.1, -0.05) is 5.16 Å². The first-order chi connectivity index (χ1) is 5.86. The predicted octanol–water partition coefficient (Wildman–Crippen LogP) is 0.835. The lowest BCUT2D eigenvalue weighted by Gasteiger charge is -1.91. The van der Waals surface area contributed by atoms with Gasteiger partial charge in [0.2, 0.25) is 12.2 Å². The molecular weight excluding hydrogens is 156 g/mol. The van der Waals surface area contributed by atoms with Crippen molar-refractivity contribution in [2.75, 3.05) is 0 Å². The topological polar surface area (TPSA) is 64.7 Å². The lowest BCUT2D eigenvalue weighted by atomic mass is 10.3. The summed E-state index contributed by atoms with van der Waals surface area (Å²) in [4.78, 5) is 3.84. The lowest BCUT2D eigenvalue weighted by molar-refractivity contribution is 0.418. The van der Waals surface area contributed by atoms with Gasteiger partial charge in [0.1, 0.15) is 5.69 Å². The second-order valence-corrected chi connectivity index (χ2v) is 2.31. The molecule has 5 heteroatoms. The van der Waals surface area contributed by atoms with Crippen molar-refractivity contribution in [2.45, 2.75) is 6.92 Å².